The fourth-order valence-corrected chi connectivity index (χ4v) is 4.72. The zero-order valence-corrected chi connectivity index (χ0v) is 24.9. The third-order valence-corrected chi connectivity index (χ3v) is 6.90. The van der Waals surface area contributed by atoms with E-state index in [-0.39, 0.29) is 23.6 Å². The molecule has 0 aliphatic carbocycles. The second-order valence-corrected chi connectivity index (χ2v) is 10.3. The Balaban J connectivity index is 0.00000206. The van der Waals surface area contributed by atoms with Gasteiger partial charge in [-0.2, -0.15) is 14.3 Å². The first-order valence-electron chi connectivity index (χ1n) is 14.4. The van der Waals surface area contributed by atoms with E-state index in [9.17, 15) is 18.4 Å². The summed E-state index contributed by atoms with van der Waals surface area (Å²) in [6.45, 7) is 6.95. The molecular weight excluding hydrogens is 560 g/mol. The lowest BCUT2D eigenvalue weighted by molar-refractivity contribution is -0.159. The number of nitrogens with zero attached hydrogens (tertiary/aromatic N) is 4. The second kappa shape index (κ2) is 18.4. The Bertz CT molecular complexity index is 1240. The predicted molar refractivity (Wildman–Crippen MR) is 161 cm³/mol. The van der Waals surface area contributed by atoms with E-state index < -0.39 is 6.11 Å². The molecule has 2 aromatic rings. The number of nitrogens with one attached hydrogen (secondary N) is 2. The Morgan fingerprint density at radius 1 is 1.26 bits per heavy atom. The number of hydrogen-bond donors (Lipinski definition) is 3. The molecule has 1 aromatic carbocycles. The predicted octanol–water partition coefficient (Wildman–Crippen LogP) is 4.79. The topological polar surface area (TPSA) is 146 Å². The Kier molecular flexibility index (Phi) is 15.0. The molecule has 13 heteroatoms. The molecule has 4 N–H and O–H groups in total. The molecule has 11 nitrogen and oxygen atoms in total. The molecule has 1 saturated heterocycles. The van der Waals surface area contributed by atoms with Gasteiger partial charge in [0.1, 0.15) is 5.75 Å². The maximum absolute atomic E-state index is 13.1. The number of nitrogens with two attached hydrogens (primary N) is 1. The van der Waals surface area contributed by atoms with E-state index in [0.29, 0.717) is 57.3 Å². The average Bonchev–Trinajstić information content (AvgIpc) is 2.95. The van der Waals surface area contributed by atoms with E-state index in [1.165, 1.54) is 17.1 Å². The smallest absolute Gasteiger partial charge is 0.394 e. The highest BCUT2D eigenvalue weighted by Gasteiger charge is 2.23. The summed E-state index contributed by atoms with van der Waals surface area (Å²) in [4.78, 5) is 36.0. The highest BCUT2D eigenvalue weighted by molar-refractivity contribution is 5.90. The number of likely N-dealkylation sites (tertiary alicyclic amines) is 1. The third-order valence-electron chi connectivity index (χ3n) is 6.90. The molecule has 2 heterocycles. The van der Waals surface area contributed by atoms with E-state index in [1.807, 2.05) is 0 Å². The number of amides is 2. The lowest BCUT2D eigenvalue weighted by atomic mass is 9.93. The van der Waals surface area contributed by atoms with Gasteiger partial charge in [-0.1, -0.05) is 30.4 Å². The average molecular weight is 604 g/mol. The van der Waals surface area contributed by atoms with Crippen LogP contribution in [-0.4, -0.2) is 59.1 Å². The number of unbranched alkanes of at least 4 members (excludes halogenated alkanes) is 1. The molecule has 0 radical (unpaired) electrons. The number of hydrogen-bond acceptors (Lipinski definition) is 7. The van der Waals surface area contributed by atoms with E-state index in [4.69, 9.17) is 10.3 Å². The molecule has 2 amide bonds. The van der Waals surface area contributed by atoms with Crippen molar-refractivity contribution in [1.29, 1.82) is 5.53 Å². The quantitative estimate of drug-likeness (QED) is 0.116. The van der Waals surface area contributed by atoms with Gasteiger partial charge >= 0.3 is 6.11 Å². The van der Waals surface area contributed by atoms with E-state index >= 15 is 0 Å². The van der Waals surface area contributed by atoms with Crippen molar-refractivity contribution >= 4 is 18.0 Å². The van der Waals surface area contributed by atoms with Gasteiger partial charge in [-0.15, -0.1) is 0 Å². The number of aromatic nitrogens is 1. The maximum Gasteiger partial charge on any atom is 0.394 e. The van der Waals surface area contributed by atoms with Crippen molar-refractivity contribution in [3.63, 3.8) is 0 Å². The van der Waals surface area contributed by atoms with Crippen LogP contribution in [0.5, 0.6) is 5.75 Å². The number of pyridine rings is 1. The van der Waals surface area contributed by atoms with Gasteiger partial charge in [-0.25, -0.2) is 0 Å². The second-order valence-electron chi connectivity index (χ2n) is 10.3. The number of allylic oxidation sites excluding steroid dienone is 1. The Morgan fingerprint density at radius 2 is 1.98 bits per heavy atom. The van der Waals surface area contributed by atoms with E-state index in [2.05, 4.69) is 32.8 Å². The number of anilines is 1. The molecule has 0 unspecified atom stereocenters. The normalized spacial score (nSPS) is 14.0. The van der Waals surface area contributed by atoms with Crippen LogP contribution in [0, 0.1) is 11.4 Å². The molecule has 0 spiro atoms. The summed E-state index contributed by atoms with van der Waals surface area (Å²) in [5.74, 6) is 0.424. The minimum absolute atomic E-state index is 0.0528. The SMILES string of the molecule is CCN1CCC(CC(=O)Nc2ccn(CCCCN(/C=C/Cc3cccc(OC(C)(F)F)c3)N=N)c(=O)c2)CC1.NC=O. The van der Waals surface area contributed by atoms with Crippen molar-refractivity contribution in [3.8, 4) is 5.75 Å². The summed E-state index contributed by atoms with van der Waals surface area (Å²) in [5, 5.41) is 7.84. The molecule has 0 bridgehead atoms. The zero-order valence-electron chi connectivity index (χ0n) is 24.9. The number of primary amides is 1. The highest BCUT2D eigenvalue weighted by Crippen LogP contribution is 2.22. The van der Waals surface area contributed by atoms with Gasteiger partial charge in [-0.05, 0) is 81.4 Å². The summed E-state index contributed by atoms with van der Waals surface area (Å²) in [5.41, 5.74) is 12.7. The van der Waals surface area contributed by atoms with Crippen LogP contribution in [0.15, 0.2) is 64.9 Å². The first kappa shape index (κ1) is 35.1. The molecule has 1 aromatic heterocycles. The first-order valence-corrected chi connectivity index (χ1v) is 14.4. The Morgan fingerprint density at radius 3 is 2.60 bits per heavy atom. The zero-order chi connectivity index (χ0) is 31.7. The standard InChI is InChI=1S/C29H40F2N6O3.CH3NO/c1-3-35-17-11-24(12-18-35)21-27(38)33-25-13-19-36(28(39)22-25)14-4-5-15-37(34-32)16-7-9-23-8-6-10-26(20-23)40-29(2,30)31;2-1-3/h6-8,10,13,16,19-20,22,24,32H,3-5,9,11-12,14-15,17-18,21H2,1-2H3,(H,33,38);1H,(H2,2,3)/b16-7+,34-32?;. The number of piperidine rings is 1. The number of carbonyl (C=O) groups is 2. The van der Waals surface area contributed by atoms with Gasteiger partial charge in [0.05, 0.1) is 0 Å². The molecule has 1 aliphatic heterocycles. The highest BCUT2D eigenvalue weighted by atomic mass is 19.3. The molecule has 1 fully saturated rings. The van der Waals surface area contributed by atoms with Gasteiger partial charge in [-0.3, -0.25) is 19.4 Å². The van der Waals surface area contributed by atoms with Gasteiger partial charge in [0, 0.05) is 50.6 Å². The van der Waals surface area contributed by atoms with Crippen LogP contribution >= 0.6 is 0 Å². The number of halogens is 2. The first-order chi connectivity index (χ1) is 20.6. The molecule has 1 aliphatic rings. The van der Waals surface area contributed by atoms with Crippen LogP contribution in [-0.2, 0) is 22.6 Å². The minimum Gasteiger partial charge on any atom is -0.433 e. The van der Waals surface area contributed by atoms with E-state index in [1.54, 1.807) is 47.3 Å². The van der Waals surface area contributed by atoms with Crippen LogP contribution < -0.4 is 21.3 Å². The number of rotatable bonds is 15. The Hall–Kier alpha value is -4.13. The van der Waals surface area contributed by atoms with Crippen molar-refractivity contribution < 1.29 is 23.1 Å². The summed E-state index contributed by atoms with van der Waals surface area (Å²) >= 11 is 0. The lowest BCUT2D eigenvalue weighted by Crippen LogP contribution is -2.34. The van der Waals surface area contributed by atoms with Crippen LogP contribution in [0.4, 0.5) is 14.5 Å². The summed E-state index contributed by atoms with van der Waals surface area (Å²) in [6, 6.07) is 9.68. The van der Waals surface area contributed by atoms with Crippen LogP contribution in [0.1, 0.15) is 51.5 Å². The fourth-order valence-electron chi connectivity index (χ4n) is 4.72. The monoisotopic (exact) mass is 603 g/mol. The van der Waals surface area contributed by atoms with Gasteiger partial charge in [0.15, 0.2) is 0 Å². The fraction of sp³-hybridized carbons (Fsp3) is 0.500. The van der Waals surface area contributed by atoms with Crippen LogP contribution in [0.3, 0.4) is 0 Å². The minimum atomic E-state index is -3.25. The summed E-state index contributed by atoms with van der Waals surface area (Å²) in [7, 11) is 0. The number of ether oxygens (including phenoxy) is 1. The molecule has 43 heavy (non-hydrogen) atoms. The summed E-state index contributed by atoms with van der Waals surface area (Å²) < 4.78 is 32.3. The summed E-state index contributed by atoms with van der Waals surface area (Å²) in [6.07, 6.45) is 6.56. The molecular formula is C30H43F2N7O4. The van der Waals surface area contributed by atoms with Crippen LogP contribution in [0.25, 0.3) is 0 Å². The largest absolute Gasteiger partial charge is 0.433 e. The van der Waals surface area contributed by atoms with Crippen molar-refractivity contribution in [3.05, 3.63) is 70.8 Å². The maximum atomic E-state index is 13.1. The number of alkyl halides is 2. The molecule has 3 rings (SSSR count). The van der Waals surface area contributed by atoms with Crippen LogP contribution in [0.2, 0.25) is 0 Å². The van der Waals surface area contributed by atoms with Gasteiger partial charge < -0.3 is 25.3 Å². The van der Waals surface area contributed by atoms with Gasteiger partial charge in [0.25, 0.3) is 5.56 Å². The Labute approximate surface area is 251 Å². The number of aryl methyl sites for hydroxylation is 1. The van der Waals surface area contributed by atoms with Crippen molar-refractivity contribution in [2.75, 3.05) is 31.5 Å². The molecule has 0 atom stereocenters. The molecule has 236 valence electrons. The van der Waals surface area contributed by atoms with Gasteiger partial charge in [0.2, 0.25) is 12.3 Å². The van der Waals surface area contributed by atoms with E-state index in [0.717, 1.165) is 38.0 Å². The van der Waals surface area contributed by atoms with Crippen molar-refractivity contribution in [2.45, 2.75) is 65.0 Å². The third kappa shape index (κ3) is 14.1. The van der Waals surface area contributed by atoms with Crippen molar-refractivity contribution in [1.82, 2.24) is 14.5 Å². The number of benzene rings is 1. The molecule has 0 saturated carbocycles. The lowest BCUT2D eigenvalue weighted by Gasteiger charge is -2.30. The number of carbonyl (C=O) groups excluding carboxylic acids is 2. The van der Waals surface area contributed by atoms with Crippen molar-refractivity contribution in [2.24, 2.45) is 16.9 Å².